The number of carbonyl (C=O) groups excluding carboxylic acids is 1. The highest BCUT2D eigenvalue weighted by Crippen LogP contribution is 2.12. The van der Waals surface area contributed by atoms with Gasteiger partial charge in [-0.1, -0.05) is 0 Å². The van der Waals surface area contributed by atoms with Crippen molar-refractivity contribution >= 4 is 27.5 Å². The summed E-state index contributed by atoms with van der Waals surface area (Å²) < 4.78 is 7.40. The average Bonchev–Trinajstić information content (AvgIpc) is 3.05. The molecule has 0 unspecified atom stereocenters. The monoisotopic (exact) mass is 330 g/mol. The first-order valence-corrected chi connectivity index (χ1v) is 7.84. The van der Waals surface area contributed by atoms with E-state index < -0.39 is 0 Å². The molecule has 0 aromatic carbocycles. The highest BCUT2D eigenvalue weighted by atomic mass is 32.1. The van der Waals surface area contributed by atoms with E-state index in [4.69, 9.17) is 4.74 Å². The second-order valence-electron chi connectivity index (χ2n) is 4.71. The molecule has 0 saturated carbocycles. The Labute approximate surface area is 135 Å². The topological polar surface area (TPSA) is 86.1 Å². The zero-order valence-corrected chi connectivity index (χ0v) is 13.0. The molecule has 0 spiro atoms. The van der Waals surface area contributed by atoms with Gasteiger partial charge < -0.3 is 10.1 Å². The molecule has 0 aliphatic rings. The van der Waals surface area contributed by atoms with Crippen LogP contribution in [-0.2, 0) is 11.3 Å². The molecule has 3 heterocycles. The first-order valence-electron chi connectivity index (χ1n) is 6.96. The molecule has 118 valence electrons. The van der Waals surface area contributed by atoms with Crippen molar-refractivity contribution in [1.29, 1.82) is 0 Å². The first-order chi connectivity index (χ1) is 11.2. The van der Waals surface area contributed by atoms with Gasteiger partial charge in [0, 0.05) is 19.3 Å². The zero-order valence-electron chi connectivity index (χ0n) is 12.1. The van der Waals surface area contributed by atoms with Gasteiger partial charge in [0.15, 0.2) is 6.61 Å². The molecular formula is C15H14N4O3S. The lowest BCUT2D eigenvalue weighted by atomic mass is 10.4. The van der Waals surface area contributed by atoms with Crippen LogP contribution in [0.4, 0.5) is 0 Å². The largest absolute Gasteiger partial charge is 0.482 e. The molecule has 3 rings (SSSR count). The maximum Gasteiger partial charge on any atom is 0.271 e. The van der Waals surface area contributed by atoms with Crippen LogP contribution in [0.2, 0.25) is 0 Å². The summed E-state index contributed by atoms with van der Waals surface area (Å²) in [5.74, 6) is 0.276. The molecule has 8 heteroatoms. The van der Waals surface area contributed by atoms with Gasteiger partial charge in [-0.2, -0.15) is 0 Å². The number of hydrogen-bond acceptors (Lipinski definition) is 6. The van der Waals surface area contributed by atoms with Crippen molar-refractivity contribution in [3.8, 4) is 5.75 Å². The van der Waals surface area contributed by atoms with Crippen molar-refractivity contribution in [1.82, 2.24) is 19.9 Å². The van der Waals surface area contributed by atoms with Crippen LogP contribution >= 0.6 is 11.3 Å². The van der Waals surface area contributed by atoms with E-state index in [1.807, 2.05) is 11.4 Å². The lowest BCUT2D eigenvalue weighted by molar-refractivity contribution is -0.123. The van der Waals surface area contributed by atoms with Gasteiger partial charge in [0.05, 0.1) is 18.0 Å². The molecule has 0 aliphatic heterocycles. The predicted octanol–water partition coefficient (Wildman–Crippen LogP) is 1.05. The molecule has 1 N–H and O–H groups in total. The van der Waals surface area contributed by atoms with Crippen LogP contribution < -0.4 is 15.6 Å². The van der Waals surface area contributed by atoms with E-state index in [0.717, 1.165) is 0 Å². The fourth-order valence-electron chi connectivity index (χ4n) is 1.99. The Balaban J connectivity index is 1.49. The number of nitrogens with zero attached hydrogens (tertiary/aromatic N) is 3. The molecule has 23 heavy (non-hydrogen) atoms. The summed E-state index contributed by atoms with van der Waals surface area (Å²) in [4.78, 5) is 32.0. The quantitative estimate of drug-likeness (QED) is 0.730. The highest BCUT2D eigenvalue weighted by molar-refractivity contribution is 7.17. The van der Waals surface area contributed by atoms with Crippen molar-refractivity contribution in [3.05, 3.63) is 52.7 Å². The molecule has 0 bridgehead atoms. The third-order valence-electron chi connectivity index (χ3n) is 3.11. The third kappa shape index (κ3) is 3.72. The number of thiophene rings is 1. The molecule has 0 atom stereocenters. The van der Waals surface area contributed by atoms with Crippen LogP contribution in [0, 0.1) is 0 Å². The standard InChI is InChI=1S/C15H14N4O3S/c20-13(9-22-11-2-1-4-16-8-11)17-5-6-19-10-18-12-3-7-23-14(12)15(19)21/h1-4,7-8,10H,5-6,9H2,(H,17,20). The summed E-state index contributed by atoms with van der Waals surface area (Å²) in [7, 11) is 0. The Morgan fingerprint density at radius 2 is 2.30 bits per heavy atom. The fourth-order valence-corrected chi connectivity index (χ4v) is 2.78. The molecule has 0 aliphatic carbocycles. The van der Waals surface area contributed by atoms with Crippen LogP contribution in [0.1, 0.15) is 0 Å². The lowest BCUT2D eigenvalue weighted by Gasteiger charge is -2.08. The highest BCUT2D eigenvalue weighted by Gasteiger charge is 2.06. The smallest absolute Gasteiger partial charge is 0.271 e. The number of carbonyl (C=O) groups is 1. The van der Waals surface area contributed by atoms with Gasteiger partial charge in [-0.15, -0.1) is 11.3 Å². The summed E-state index contributed by atoms with van der Waals surface area (Å²) in [5, 5.41) is 4.54. The van der Waals surface area contributed by atoms with E-state index in [2.05, 4.69) is 15.3 Å². The molecule has 0 saturated heterocycles. The van der Waals surface area contributed by atoms with Crippen LogP contribution in [0.3, 0.4) is 0 Å². The molecule has 3 aromatic rings. The van der Waals surface area contributed by atoms with Gasteiger partial charge in [0.25, 0.3) is 11.5 Å². The van der Waals surface area contributed by atoms with Crippen molar-refractivity contribution in [2.75, 3.05) is 13.2 Å². The lowest BCUT2D eigenvalue weighted by Crippen LogP contribution is -2.33. The molecule has 7 nitrogen and oxygen atoms in total. The van der Waals surface area contributed by atoms with Crippen molar-refractivity contribution in [2.45, 2.75) is 6.54 Å². The van der Waals surface area contributed by atoms with Crippen molar-refractivity contribution < 1.29 is 9.53 Å². The van der Waals surface area contributed by atoms with E-state index in [0.29, 0.717) is 29.1 Å². The van der Waals surface area contributed by atoms with E-state index in [-0.39, 0.29) is 18.1 Å². The number of amides is 1. The van der Waals surface area contributed by atoms with Gasteiger partial charge in [-0.3, -0.25) is 19.1 Å². The first kappa shape index (κ1) is 15.2. The average molecular weight is 330 g/mol. The minimum absolute atomic E-state index is 0.0918. The number of fused-ring (bicyclic) bond motifs is 1. The maximum absolute atomic E-state index is 12.2. The SMILES string of the molecule is O=C(COc1cccnc1)NCCn1cnc2ccsc2c1=O. The second kappa shape index (κ2) is 7.01. The maximum atomic E-state index is 12.2. The summed E-state index contributed by atoms with van der Waals surface area (Å²) in [6.45, 7) is 0.592. The van der Waals surface area contributed by atoms with Crippen LogP contribution in [0.25, 0.3) is 10.2 Å². The van der Waals surface area contributed by atoms with Gasteiger partial charge in [0.2, 0.25) is 0 Å². The van der Waals surface area contributed by atoms with Crippen LogP contribution in [0.5, 0.6) is 5.75 Å². The Bertz CT molecular complexity index is 860. The molecular weight excluding hydrogens is 316 g/mol. The minimum Gasteiger partial charge on any atom is -0.482 e. The van der Waals surface area contributed by atoms with E-state index in [1.54, 1.807) is 18.3 Å². The summed E-state index contributed by atoms with van der Waals surface area (Å²) in [5.41, 5.74) is 0.607. The number of nitrogens with one attached hydrogen (secondary N) is 1. The zero-order chi connectivity index (χ0) is 16.1. The molecule has 0 fully saturated rings. The fraction of sp³-hybridized carbons (Fsp3) is 0.200. The van der Waals surface area contributed by atoms with Crippen LogP contribution in [0.15, 0.2) is 47.1 Å². The van der Waals surface area contributed by atoms with Crippen LogP contribution in [-0.4, -0.2) is 33.6 Å². The van der Waals surface area contributed by atoms with Crippen molar-refractivity contribution in [2.24, 2.45) is 0 Å². The van der Waals surface area contributed by atoms with E-state index in [1.165, 1.54) is 28.4 Å². The molecule has 0 radical (unpaired) electrons. The van der Waals surface area contributed by atoms with Gasteiger partial charge >= 0.3 is 0 Å². The minimum atomic E-state index is -0.257. The normalized spacial score (nSPS) is 10.6. The summed E-state index contributed by atoms with van der Waals surface area (Å²) in [6.07, 6.45) is 4.66. The van der Waals surface area contributed by atoms with Gasteiger partial charge in [0.1, 0.15) is 10.4 Å². The van der Waals surface area contributed by atoms with Gasteiger partial charge in [-0.25, -0.2) is 4.98 Å². The number of hydrogen-bond donors (Lipinski definition) is 1. The molecule has 1 amide bonds. The predicted molar refractivity (Wildman–Crippen MR) is 86.6 cm³/mol. The Morgan fingerprint density at radius 3 is 3.13 bits per heavy atom. The summed E-state index contributed by atoms with van der Waals surface area (Å²) in [6, 6.07) is 5.26. The number of rotatable bonds is 6. The number of aromatic nitrogens is 3. The Hall–Kier alpha value is -2.74. The van der Waals surface area contributed by atoms with Gasteiger partial charge in [-0.05, 0) is 23.6 Å². The van der Waals surface area contributed by atoms with Crippen molar-refractivity contribution in [3.63, 3.8) is 0 Å². The second-order valence-corrected chi connectivity index (χ2v) is 5.62. The Kier molecular flexibility index (Phi) is 4.62. The number of pyridine rings is 1. The van der Waals surface area contributed by atoms with E-state index in [9.17, 15) is 9.59 Å². The van der Waals surface area contributed by atoms with E-state index >= 15 is 0 Å². The third-order valence-corrected chi connectivity index (χ3v) is 4.01. The number of ether oxygens (including phenoxy) is 1. The molecule has 3 aromatic heterocycles. The summed E-state index contributed by atoms with van der Waals surface area (Å²) >= 11 is 1.36. The Morgan fingerprint density at radius 1 is 1.39 bits per heavy atom.